The molecule has 1 aromatic heterocycles. The van der Waals surface area contributed by atoms with Crippen molar-refractivity contribution in [2.75, 3.05) is 0 Å². The van der Waals surface area contributed by atoms with Crippen LogP contribution in [0.2, 0.25) is 0 Å². The monoisotopic (exact) mass is 164 g/mol. The van der Waals surface area contributed by atoms with Gasteiger partial charge in [-0.1, -0.05) is 0 Å². The van der Waals surface area contributed by atoms with Crippen LogP contribution in [0.3, 0.4) is 0 Å². The fourth-order valence-electron chi connectivity index (χ4n) is 0.711. The van der Waals surface area contributed by atoms with Crippen molar-refractivity contribution < 1.29 is 4.92 Å². The Morgan fingerprint density at radius 2 is 2.50 bits per heavy atom. The molecule has 0 aliphatic heterocycles. The van der Waals surface area contributed by atoms with Crippen LogP contribution in [0.1, 0.15) is 5.69 Å². The van der Waals surface area contributed by atoms with Crippen molar-refractivity contribution in [1.82, 2.24) is 9.97 Å². The maximum Gasteiger partial charge on any atom is 0.309 e. The highest BCUT2D eigenvalue weighted by Gasteiger charge is 2.13. The van der Waals surface area contributed by atoms with E-state index in [0.717, 1.165) is 6.20 Å². The lowest BCUT2D eigenvalue weighted by molar-refractivity contribution is -0.386. The van der Waals surface area contributed by atoms with Gasteiger partial charge >= 0.3 is 5.69 Å². The van der Waals surface area contributed by atoms with Crippen LogP contribution in [-0.4, -0.2) is 14.9 Å². The molecule has 0 atom stereocenters. The predicted octanol–water partition coefficient (Wildman–Crippen LogP) is 0.451. The van der Waals surface area contributed by atoms with Crippen molar-refractivity contribution in [3.8, 4) is 6.07 Å². The van der Waals surface area contributed by atoms with Gasteiger partial charge in [0.1, 0.15) is 18.2 Å². The molecule has 1 aromatic rings. The number of rotatable bonds is 2. The van der Waals surface area contributed by atoms with Gasteiger partial charge in [-0.25, -0.2) is 9.97 Å². The molecule has 0 spiro atoms. The number of aromatic nitrogens is 2. The molecule has 0 saturated heterocycles. The first kappa shape index (κ1) is 8.07. The maximum atomic E-state index is 10.3. The zero-order valence-corrected chi connectivity index (χ0v) is 5.97. The lowest BCUT2D eigenvalue weighted by Crippen LogP contribution is -1.98. The number of nitrogens with zero attached hydrogens (tertiary/aromatic N) is 4. The molecule has 60 valence electrons. The Morgan fingerprint density at radius 1 is 1.75 bits per heavy atom. The van der Waals surface area contributed by atoms with Crippen molar-refractivity contribution in [2.45, 2.75) is 6.42 Å². The highest BCUT2D eigenvalue weighted by atomic mass is 16.6. The van der Waals surface area contributed by atoms with E-state index >= 15 is 0 Å². The molecule has 0 fully saturated rings. The summed E-state index contributed by atoms with van der Waals surface area (Å²) in [5, 5.41) is 18.6. The molecule has 1 rings (SSSR count). The second kappa shape index (κ2) is 3.39. The van der Waals surface area contributed by atoms with Crippen LogP contribution in [0, 0.1) is 21.4 Å². The lowest BCUT2D eigenvalue weighted by Gasteiger charge is -1.93. The average molecular weight is 164 g/mol. The van der Waals surface area contributed by atoms with Crippen LogP contribution in [0.4, 0.5) is 5.69 Å². The molecule has 0 amide bonds. The van der Waals surface area contributed by atoms with Gasteiger partial charge in [0.15, 0.2) is 0 Å². The van der Waals surface area contributed by atoms with Gasteiger partial charge in [0.25, 0.3) is 0 Å². The van der Waals surface area contributed by atoms with E-state index in [1.807, 2.05) is 0 Å². The summed E-state index contributed by atoms with van der Waals surface area (Å²) in [4.78, 5) is 16.8. The quantitative estimate of drug-likeness (QED) is 0.467. The Labute approximate surface area is 67.6 Å². The highest BCUT2D eigenvalue weighted by Crippen LogP contribution is 2.12. The standard InChI is InChI=1S/C6H4N4O2/c7-2-1-5-6(10(11)12)3-8-4-9-5/h3-4H,1H2. The summed E-state index contributed by atoms with van der Waals surface area (Å²) in [6.45, 7) is 0. The van der Waals surface area contributed by atoms with E-state index in [1.54, 1.807) is 6.07 Å². The largest absolute Gasteiger partial charge is 0.309 e. The highest BCUT2D eigenvalue weighted by molar-refractivity contribution is 5.32. The minimum Gasteiger partial charge on any atom is -0.258 e. The van der Waals surface area contributed by atoms with E-state index in [4.69, 9.17) is 5.26 Å². The Balaban J connectivity index is 3.10. The van der Waals surface area contributed by atoms with Crippen molar-refractivity contribution in [2.24, 2.45) is 0 Å². The van der Waals surface area contributed by atoms with Crippen LogP contribution >= 0.6 is 0 Å². The van der Waals surface area contributed by atoms with Gasteiger partial charge in [-0.2, -0.15) is 5.26 Å². The van der Waals surface area contributed by atoms with E-state index in [1.165, 1.54) is 6.33 Å². The molecule has 1 heterocycles. The Bertz CT molecular complexity index is 344. The molecule has 0 aliphatic rings. The molecule has 0 saturated carbocycles. The molecule has 0 bridgehead atoms. The molecule has 12 heavy (non-hydrogen) atoms. The topological polar surface area (TPSA) is 92.7 Å². The van der Waals surface area contributed by atoms with Gasteiger partial charge in [-0.15, -0.1) is 0 Å². The van der Waals surface area contributed by atoms with Gasteiger partial charge in [0.05, 0.1) is 17.4 Å². The lowest BCUT2D eigenvalue weighted by atomic mass is 10.3. The van der Waals surface area contributed by atoms with E-state index < -0.39 is 4.92 Å². The van der Waals surface area contributed by atoms with Crippen LogP contribution in [-0.2, 0) is 6.42 Å². The summed E-state index contributed by atoms with van der Waals surface area (Å²) in [5.41, 5.74) is -0.0587. The van der Waals surface area contributed by atoms with Crippen LogP contribution in [0.5, 0.6) is 0 Å². The van der Waals surface area contributed by atoms with Crippen LogP contribution < -0.4 is 0 Å². The van der Waals surface area contributed by atoms with Crippen molar-refractivity contribution in [3.63, 3.8) is 0 Å². The van der Waals surface area contributed by atoms with Crippen molar-refractivity contribution in [3.05, 3.63) is 28.3 Å². The second-order valence-electron chi connectivity index (χ2n) is 1.95. The molecular formula is C6H4N4O2. The zero-order chi connectivity index (χ0) is 8.97. The zero-order valence-electron chi connectivity index (χ0n) is 5.97. The average Bonchev–Trinajstić information content (AvgIpc) is 2.05. The fraction of sp³-hybridized carbons (Fsp3) is 0.167. The Kier molecular flexibility index (Phi) is 2.28. The van der Waals surface area contributed by atoms with Gasteiger partial charge in [0.2, 0.25) is 0 Å². The first-order valence-corrected chi connectivity index (χ1v) is 3.06. The van der Waals surface area contributed by atoms with E-state index in [-0.39, 0.29) is 17.8 Å². The van der Waals surface area contributed by atoms with Gasteiger partial charge < -0.3 is 0 Å². The smallest absolute Gasteiger partial charge is 0.258 e. The maximum absolute atomic E-state index is 10.3. The summed E-state index contributed by atoms with van der Waals surface area (Å²) in [6.07, 6.45) is 2.19. The number of nitro groups is 1. The predicted molar refractivity (Wildman–Crippen MR) is 38.0 cm³/mol. The summed E-state index contributed by atoms with van der Waals surface area (Å²) < 4.78 is 0. The third kappa shape index (κ3) is 1.52. The molecule has 0 aromatic carbocycles. The van der Waals surface area contributed by atoms with E-state index in [9.17, 15) is 10.1 Å². The molecular weight excluding hydrogens is 160 g/mol. The summed E-state index contributed by atoms with van der Waals surface area (Å²) in [7, 11) is 0. The first-order valence-electron chi connectivity index (χ1n) is 3.06. The first-order chi connectivity index (χ1) is 5.75. The van der Waals surface area contributed by atoms with Crippen molar-refractivity contribution >= 4 is 5.69 Å². The van der Waals surface area contributed by atoms with Crippen molar-refractivity contribution in [1.29, 1.82) is 5.26 Å². The Hall–Kier alpha value is -2.03. The molecule has 0 N–H and O–H groups in total. The molecule has 0 aliphatic carbocycles. The molecule has 0 unspecified atom stereocenters. The molecule has 6 nitrogen and oxygen atoms in total. The summed E-state index contributed by atoms with van der Waals surface area (Å²) in [5.74, 6) is 0. The normalized spacial score (nSPS) is 8.92. The van der Waals surface area contributed by atoms with Gasteiger partial charge in [0, 0.05) is 0 Å². The van der Waals surface area contributed by atoms with Crippen LogP contribution in [0.25, 0.3) is 0 Å². The minimum absolute atomic E-state index is 0.0706. The third-order valence-electron chi connectivity index (χ3n) is 1.22. The number of hydrogen-bond acceptors (Lipinski definition) is 5. The fourth-order valence-corrected chi connectivity index (χ4v) is 0.711. The second-order valence-corrected chi connectivity index (χ2v) is 1.95. The van der Waals surface area contributed by atoms with Gasteiger partial charge in [-0.05, 0) is 0 Å². The van der Waals surface area contributed by atoms with E-state index in [0.29, 0.717) is 0 Å². The third-order valence-corrected chi connectivity index (χ3v) is 1.22. The summed E-state index contributed by atoms with van der Waals surface area (Å²) in [6, 6.07) is 1.78. The van der Waals surface area contributed by atoms with Gasteiger partial charge in [-0.3, -0.25) is 10.1 Å². The van der Waals surface area contributed by atoms with E-state index in [2.05, 4.69) is 9.97 Å². The molecule has 6 heteroatoms. The number of nitriles is 1. The SMILES string of the molecule is N#CCc1ncncc1[N+](=O)[O-]. The molecule has 0 radical (unpaired) electrons. The Morgan fingerprint density at radius 3 is 3.08 bits per heavy atom. The number of hydrogen-bond donors (Lipinski definition) is 0. The summed E-state index contributed by atoms with van der Waals surface area (Å²) >= 11 is 0. The van der Waals surface area contributed by atoms with Crippen LogP contribution in [0.15, 0.2) is 12.5 Å². The minimum atomic E-state index is -0.604.